The van der Waals surface area contributed by atoms with Crippen LogP contribution in [0.4, 0.5) is 5.69 Å². The number of benzene rings is 1. The van der Waals surface area contributed by atoms with Crippen LogP contribution in [0.25, 0.3) is 10.9 Å². The largest absolute Gasteiger partial charge is 0.465 e. The van der Waals surface area contributed by atoms with Crippen LogP contribution in [0.3, 0.4) is 0 Å². The lowest BCUT2D eigenvalue weighted by Crippen LogP contribution is -2.07. The second-order valence-electron chi connectivity index (χ2n) is 3.57. The summed E-state index contributed by atoms with van der Waals surface area (Å²) in [6, 6.07) is 3.31. The molecule has 0 aliphatic carbocycles. The van der Waals surface area contributed by atoms with Crippen molar-refractivity contribution >= 4 is 45.8 Å². The van der Waals surface area contributed by atoms with Crippen LogP contribution < -0.4 is 5.32 Å². The van der Waals surface area contributed by atoms with Crippen LogP contribution in [-0.4, -0.2) is 25.1 Å². The molecule has 1 N–H and O–H groups in total. The predicted molar refractivity (Wildman–Crippen MR) is 72.6 cm³/mol. The minimum atomic E-state index is -0.468. The van der Waals surface area contributed by atoms with Gasteiger partial charge >= 0.3 is 5.97 Å². The summed E-state index contributed by atoms with van der Waals surface area (Å²) in [6.45, 7) is 0. The Morgan fingerprint density at radius 3 is 2.72 bits per heavy atom. The number of nitrogens with zero attached hydrogens (tertiary/aromatic N) is 1. The number of carbonyl (C=O) groups is 1. The first-order chi connectivity index (χ1) is 8.58. The Balaban J connectivity index is 2.82. The van der Waals surface area contributed by atoms with E-state index in [1.807, 2.05) is 0 Å². The molecule has 0 aliphatic heterocycles. The van der Waals surface area contributed by atoms with Crippen LogP contribution in [0, 0.1) is 0 Å². The first-order valence-electron chi connectivity index (χ1n) is 5.12. The summed E-state index contributed by atoms with van der Waals surface area (Å²) in [4.78, 5) is 15.8. The van der Waals surface area contributed by atoms with E-state index in [1.54, 1.807) is 19.2 Å². The SMILES string of the molecule is CNc1c(C(=O)OC)cnc2c(Cl)cc(Cl)cc12. The quantitative estimate of drug-likeness (QED) is 0.859. The Labute approximate surface area is 114 Å². The Morgan fingerprint density at radius 2 is 2.11 bits per heavy atom. The number of esters is 1. The average Bonchev–Trinajstić information content (AvgIpc) is 2.36. The highest BCUT2D eigenvalue weighted by Crippen LogP contribution is 2.33. The molecule has 94 valence electrons. The Morgan fingerprint density at radius 1 is 1.39 bits per heavy atom. The minimum absolute atomic E-state index is 0.339. The zero-order valence-electron chi connectivity index (χ0n) is 9.75. The van der Waals surface area contributed by atoms with Gasteiger partial charge in [-0.05, 0) is 12.1 Å². The molecule has 18 heavy (non-hydrogen) atoms. The number of methoxy groups -OCH3 is 1. The number of carbonyl (C=O) groups excluding carboxylic acids is 1. The normalized spacial score (nSPS) is 10.4. The van der Waals surface area contributed by atoms with Crippen LogP contribution in [0.1, 0.15) is 10.4 Å². The first-order valence-corrected chi connectivity index (χ1v) is 5.88. The molecule has 4 nitrogen and oxygen atoms in total. The fourth-order valence-corrected chi connectivity index (χ4v) is 2.30. The van der Waals surface area contributed by atoms with Crippen molar-refractivity contribution in [2.24, 2.45) is 0 Å². The van der Waals surface area contributed by atoms with Gasteiger partial charge in [-0.15, -0.1) is 0 Å². The molecule has 0 amide bonds. The van der Waals surface area contributed by atoms with Crippen molar-refractivity contribution in [2.45, 2.75) is 0 Å². The highest BCUT2D eigenvalue weighted by Gasteiger charge is 2.16. The maximum Gasteiger partial charge on any atom is 0.341 e. The van der Waals surface area contributed by atoms with Gasteiger partial charge in [0.05, 0.1) is 23.3 Å². The number of pyridine rings is 1. The fourth-order valence-electron chi connectivity index (χ4n) is 1.76. The lowest BCUT2D eigenvalue weighted by atomic mass is 10.1. The van der Waals surface area contributed by atoms with Gasteiger partial charge in [0.25, 0.3) is 0 Å². The lowest BCUT2D eigenvalue weighted by Gasteiger charge is -2.11. The molecule has 0 fully saturated rings. The second kappa shape index (κ2) is 5.00. The predicted octanol–water partition coefficient (Wildman–Crippen LogP) is 3.37. The molecule has 0 spiro atoms. The number of fused-ring (bicyclic) bond motifs is 1. The molecule has 0 radical (unpaired) electrons. The molecular formula is C12H10Cl2N2O2. The first kappa shape index (κ1) is 12.9. The lowest BCUT2D eigenvalue weighted by molar-refractivity contribution is 0.0601. The third kappa shape index (κ3) is 2.09. The van der Waals surface area contributed by atoms with Crippen molar-refractivity contribution in [2.75, 3.05) is 19.5 Å². The number of hydrogen-bond donors (Lipinski definition) is 1. The van der Waals surface area contributed by atoms with E-state index in [0.29, 0.717) is 32.2 Å². The van der Waals surface area contributed by atoms with Gasteiger partial charge < -0.3 is 10.1 Å². The Kier molecular flexibility index (Phi) is 3.59. The van der Waals surface area contributed by atoms with Crippen molar-refractivity contribution in [3.63, 3.8) is 0 Å². The van der Waals surface area contributed by atoms with Crippen LogP contribution in [-0.2, 0) is 4.74 Å². The van der Waals surface area contributed by atoms with Crippen molar-refractivity contribution in [3.8, 4) is 0 Å². The Hall–Kier alpha value is -1.52. The van der Waals surface area contributed by atoms with E-state index in [9.17, 15) is 4.79 Å². The molecule has 0 atom stereocenters. The van der Waals surface area contributed by atoms with E-state index in [-0.39, 0.29) is 0 Å². The summed E-state index contributed by atoms with van der Waals surface area (Å²) in [5.41, 5.74) is 1.51. The molecule has 1 heterocycles. The van der Waals surface area contributed by atoms with Crippen molar-refractivity contribution < 1.29 is 9.53 Å². The standard InChI is InChI=1S/C12H10Cl2N2O2/c1-15-10-7-3-6(13)4-9(14)11(7)16-5-8(10)12(17)18-2/h3-5H,1-2H3,(H,15,16). The molecule has 2 rings (SSSR count). The second-order valence-corrected chi connectivity index (χ2v) is 4.42. The van der Waals surface area contributed by atoms with E-state index in [0.717, 1.165) is 0 Å². The molecule has 6 heteroatoms. The summed E-state index contributed by atoms with van der Waals surface area (Å²) in [6.07, 6.45) is 1.43. The number of anilines is 1. The molecule has 2 aromatic rings. The molecule has 0 aliphatic rings. The van der Waals surface area contributed by atoms with Gasteiger partial charge in [-0.25, -0.2) is 4.79 Å². The van der Waals surface area contributed by atoms with E-state index < -0.39 is 5.97 Å². The number of aromatic nitrogens is 1. The van der Waals surface area contributed by atoms with Crippen molar-refractivity contribution in [1.82, 2.24) is 4.98 Å². The van der Waals surface area contributed by atoms with Gasteiger partial charge in [0, 0.05) is 23.7 Å². The molecule has 0 saturated heterocycles. The van der Waals surface area contributed by atoms with Gasteiger partial charge in [-0.1, -0.05) is 23.2 Å². The van der Waals surface area contributed by atoms with Gasteiger partial charge in [-0.2, -0.15) is 0 Å². The number of nitrogens with one attached hydrogen (secondary N) is 1. The van der Waals surface area contributed by atoms with Gasteiger partial charge in [0.2, 0.25) is 0 Å². The van der Waals surface area contributed by atoms with Crippen LogP contribution in [0.15, 0.2) is 18.3 Å². The summed E-state index contributed by atoms with van der Waals surface area (Å²) < 4.78 is 4.70. The maximum atomic E-state index is 11.6. The van der Waals surface area contributed by atoms with Crippen molar-refractivity contribution in [3.05, 3.63) is 33.9 Å². The van der Waals surface area contributed by atoms with Crippen molar-refractivity contribution in [1.29, 1.82) is 0 Å². The highest BCUT2D eigenvalue weighted by molar-refractivity contribution is 6.38. The number of ether oxygens (including phenoxy) is 1. The molecular weight excluding hydrogens is 275 g/mol. The number of rotatable bonds is 2. The monoisotopic (exact) mass is 284 g/mol. The van der Waals surface area contributed by atoms with Crippen LogP contribution in [0.5, 0.6) is 0 Å². The minimum Gasteiger partial charge on any atom is -0.465 e. The van der Waals surface area contributed by atoms with Gasteiger partial charge in [-0.3, -0.25) is 4.98 Å². The molecule has 0 saturated carbocycles. The molecule has 0 bridgehead atoms. The summed E-state index contributed by atoms with van der Waals surface area (Å²) in [5, 5.41) is 4.54. The van der Waals surface area contributed by atoms with E-state index in [2.05, 4.69) is 10.3 Å². The third-order valence-electron chi connectivity index (χ3n) is 2.54. The topological polar surface area (TPSA) is 51.2 Å². The fraction of sp³-hybridized carbons (Fsp3) is 0.167. The van der Waals surface area contributed by atoms with Gasteiger partial charge in [0.15, 0.2) is 0 Å². The summed E-state index contributed by atoms with van der Waals surface area (Å²) in [7, 11) is 3.02. The summed E-state index contributed by atoms with van der Waals surface area (Å²) >= 11 is 12.0. The van der Waals surface area contributed by atoms with E-state index in [4.69, 9.17) is 27.9 Å². The Bertz CT molecular complexity index is 629. The van der Waals surface area contributed by atoms with Gasteiger partial charge in [0.1, 0.15) is 5.56 Å². The van der Waals surface area contributed by atoms with Crippen LogP contribution in [0.2, 0.25) is 10.0 Å². The number of halogens is 2. The zero-order valence-corrected chi connectivity index (χ0v) is 11.3. The summed E-state index contributed by atoms with van der Waals surface area (Å²) in [5.74, 6) is -0.468. The average molecular weight is 285 g/mol. The third-order valence-corrected chi connectivity index (χ3v) is 3.05. The van der Waals surface area contributed by atoms with E-state index in [1.165, 1.54) is 13.3 Å². The maximum absolute atomic E-state index is 11.6. The van der Waals surface area contributed by atoms with E-state index >= 15 is 0 Å². The molecule has 1 aromatic heterocycles. The van der Waals surface area contributed by atoms with Crippen LogP contribution >= 0.6 is 23.2 Å². The zero-order chi connectivity index (χ0) is 13.3. The highest BCUT2D eigenvalue weighted by atomic mass is 35.5. The molecule has 0 unspecified atom stereocenters. The number of hydrogen-bond acceptors (Lipinski definition) is 4. The molecule has 1 aromatic carbocycles. The smallest absolute Gasteiger partial charge is 0.341 e.